The highest BCUT2D eigenvalue weighted by Crippen LogP contribution is 2.28. The molecule has 2 aromatic rings. The zero-order valence-electron chi connectivity index (χ0n) is 8.76. The maximum absolute atomic E-state index is 11.7. The van der Waals surface area contributed by atoms with Crippen LogP contribution in [0.3, 0.4) is 0 Å². The molecule has 17 heavy (non-hydrogen) atoms. The first-order chi connectivity index (χ1) is 8.16. The molecular formula is C13H9BrO3. The summed E-state index contributed by atoms with van der Waals surface area (Å²) in [4.78, 5) is 11.7. The Morgan fingerprint density at radius 2 is 1.82 bits per heavy atom. The van der Waals surface area contributed by atoms with Crippen LogP contribution in [0.2, 0.25) is 0 Å². The number of aromatic hydroxyl groups is 1. The van der Waals surface area contributed by atoms with Crippen LogP contribution < -0.4 is 4.74 Å². The summed E-state index contributed by atoms with van der Waals surface area (Å²) in [6.07, 6.45) is 0. The fourth-order valence-corrected chi connectivity index (χ4v) is 1.54. The largest absolute Gasteiger partial charge is 0.507 e. The second-order valence-electron chi connectivity index (χ2n) is 3.37. The number of hydrogen-bond donors (Lipinski definition) is 1. The van der Waals surface area contributed by atoms with Crippen LogP contribution >= 0.6 is 15.9 Å². The molecule has 2 aromatic carbocycles. The van der Waals surface area contributed by atoms with Gasteiger partial charge in [-0.3, -0.25) is 0 Å². The Bertz CT molecular complexity index is 538. The number of esters is 1. The quantitative estimate of drug-likeness (QED) is 0.682. The molecular weight excluding hydrogens is 284 g/mol. The molecule has 0 fully saturated rings. The van der Waals surface area contributed by atoms with Gasteiger partial charge in [0.2, 0.25) is 0 Å². The first-order valence-electron chi connectivity index (χ1n) is 4.92. The average molecular weight is 293 g/mol. The Labute approximate surface area is 107 Å². The molecule has 0 saturated heterocycles. The van der Waals surface area contributed by atoms with Crippen molar-refractivity contribution in [2.45, 2.75) is 0 Å². The molecule has 1 N–H and O–H groups in total. The number of hydrogen-bond acceptors (Lipinski definition) is 3. The molecule has 0 saturated carbocycles. The van der Waals surface area contributed by atoms with Gasteiger partial charge >= 0.3 is 5.97 Å². The molecule has 0 aliphatic carbocycles. The molecule has 0 aliphatic heterocycles. The summed E-state index contributed by atoms with van der Waals surface area (Å²) in [5.41, 5.74) is 0.468. The number of phenols is 1. The highest BCUT2D eigenvalue weighted by Gasteiger charge is 2.08. The van der Waals surface area contributed by atoms with E-state index in [0.29, 0.717) is 15.8 Å². The fourth-order valence-electron chi connectivity index (χ4n) is 1.30. The molecule has 4 heteroatoms. The number of ether oxygens (including phenoxy) is 1. The summed E-state index contributed by atoms with van der Waals surface area (Å²) < 4.78 is 5.67. The van der Waals surface area contributed by atoms with Crippen molar-refractivity contribution in [2.75, 3.05) is 0 Å². The predicted octanol–water partition coefficient (Wildman–Crippen LogP) is 3.37. The van der Waals surface area contributed by atoms with E-state index in [0.717, 1.165) is 0 Å². The normalized spacial score (nSPS) is 9.94. The molecule has 0 amide bonds. The minimum atomic E-state index is -0.452. The van der Waals surface area contributed by atoms with Gasteiger partial charge in [-0.2, -0.15) is 0 Å². The van der Waals surface area contributed by atoms with Crippen molar-refractivity contribution < 1.29 is 14.6 Å². The lowest BCUT2D eigenvalue weighted by atomic mass is 10.2. The van der Waals surface area contributed by atoms with E-state index in [-0.39, 0.29) is 5.75 Å². The van der Waals surface area contributed by atoms with Crippen molar-refractivity contribution in [3.8, 4) is 11.5 Å². The maximum Gasteiger partial charge on any atom is 0.343 e. The van der Waals surface area contributed by atoms with Crippen molar-refractivity contribution in [1.29, 1.82) is 0 Å². The lowest BCUT2D eigenvalue weighted by Gasteiger charge is -2.05. The van der Waals surface area contributed by atoms with Gasteiger partial charge in [0.05, 0.1) is 10.0 Å². The zero-order valence-corrected chi connectivity index (χ0v) is 10.3. The molecule has 0 radical (unpaired) electrons. The van der Waals surface area contributed by atoms with Gasteiger partial charge in [0, 0.05) is 6.07 Å². The Morgan fingerprint density at radius 1 is 1.12 bits per heavy atom. The number of halogens is 1. The van der Waals surface area contributed by atoms with Gasteiger partial charge in [0.15, 0.2) is 0 Å². The third-order valence-electron chi connectivity index (χ3n) is 2.14. The van der Waals surface area contributed by atoms with E-state index in [9.17, 15) is 9.90 Å². The van der Waals surface area contributed by atoms with Gasteiger partial charge in [-0.25, -0.2) is 4.79 Å². The van der Waals surface area contributed by atoms with Gasteiger partial charge in [-0.15, -0.1) is 0 Å². The van der Waals surface area contributed by atoms with E-state index in [2.05, 4.69) is 15.9 Å². The first kappa shape index (κ1) is 11.7. The summed E-state index contributed by atoms with van der Waals surface area (Å²) in [7, 11) is 0. The van der Waals surface area contributed by atoms with Crippen molar-refractivity contribution in [3.63, 3.8) is 0 Å². The van der Waals surface area contributed by atoms with E-state index in [1.165, 1.54) is 6.07 Å². The van der Waals surface area contributed by atoms with Gasteiger partial charge < -0.3 is 9.84 Å². The summed E-state index contributed by atoms with van der Waals surface area (Å²) in [6, 6.07) is 13.3. The zero-order chi connectivity index (χ0) is 12.3. The van der Waals surface area contributed by atoms with E-state index in [4.69, 9.17) is 4.74 Å². The standard InChI is InChI=1S/C13H9BrO3/c14-11-7-6-10(8-12(11)15)17-13(16)9-4-2-1-3-5-9/h1-8,15H. The van der Waals surface area contributed by atoms with Crippen LogP contribution in [0.25, 0.3) is 0 Å². The molecule has 0 bridgehead atoms. The predicted molar refractivity (Wildman–Crippen MR) is 67.2 cm³/mol. The third-order valence-corrected chi connectivity index (χ3v) is 2.81. The van der Waals surface area contributed by atoms with Crippen molar-refractivity contribution >= 4 is 21.9 Å². The highest BCUT2D eigenvalue weighted by atomic mass is 79.9. The van der Waals surface area contributed by atoms with E-state index in [1.807, 2.05) is 6.07 Å². The molecule has 2 rings (SSSR count). The first-order valence-corrected chi connectivity index (χ1v) is 5.72. The summed E-state index contributed by atoms with van der Waals surface area (Å²) in [5.74, 6) is -0.116. The van der Waals surface area contributed by atoms with Crippen LogP contribution in [0.1, 0.15) is 10.4 Å². The van der Waals surface area contributed by atoms with Crippen LogP contribution in [0.15, 0.2) is 53.0 Å². The summed E-state index contributed by atoms with van der Waals surface area (Å²) in [5, 5.41) is 9.45. The molecule has 3 nitrogen and oxygen atoms in total. The van der Waals surface area contributed by atoms with E-state index in [1.54, 1.807) is 36.4 Å². The van der Waals surface area contributed by atoms with Gasteiger partial charge in [-0.05, 0) is 40.2 Å². The van der Waals surface area contributed by atoms with Crippen molar-refractivity contribution in [1.82, 2.24) is 0 Å². The van der Waals surface area contributed by atoms with Crippen LogP contribution in [-0.4, -0.2) is 11.1 Å². The third kappa shape index (κ3) is 2.85. The van der Waals surface area contributed by atoms with Gasteiger partial charge in [-0.1, -0.05) is 18.2 Å². The fraction of sp³-hybridized carbons (Fsp3) is 0. The molecule has 0 unspecified atom stereocenters. The summed E-state index contributed by atoms with van der Waals surface area (Å²) >= 11 is 3.15. The lowest BCUT2D eigenvalue weighted by Crippen LogP contribution is -2.07. The molecule has 0 heterocycles. The van der Waals surface area contributed by atoms with Gasteiger partial charge in [0.1, 0.15) is 11.5 Å². The maximum atomic E-state index is 11.7. The minimum absolute atomic E-state index is 0.0309. The molecule has 0 aliphatic rings. The Morgan fingerprint density at radius 3 is 2.47 bits per heavy atom. The van der Waals surface area contributed by atoms with Gasteiger partial charge in [0.25, 0.3) is 0 Å². The number of rotatable bonds is 2. The van der Waals surface area contributed by atoms with Crippen molar-refractivity contribution in [3.05, 3.63) is 58.6 Å². The monoisotopic (exact) mass is 292 g/mol. The lowest BCUT2D eigenvalue weighted by molar-refractivity contribution is 0.0734. The second kappa shape index (κ2) is 5.01. The average Bonchev–Trinajstić information content (AvgIpc) is 2.35. The second-order valence-corrected chi connectivity index (χ2v) is 4.22. The number of carbonyl (C=O) groups is 1. The topological polar surface area (TPSA) is 46.5 Å². The number of benzene rings is 2. The molecule has 0 aromatic heterocycles. The Kier molecular flexibility index (Phi) is 3.44. The Balaban J connectivity index is 2.16. The molecule has 0 atom stereocenters. The van der Waals surface area contributed by atoms with Crippen LogP contribution in [0.4, 0.5) is 0 Å². The summed E-state index contributed by atoms with van der Waals surface area (Å²) in [6.45, 7) is 0. The van der Waals surface area contributed by atoms with Crippen LogP contribution in [0.5, 0.6) is 11.5 Å². The van der Waals surface area contributed by atoms with E-state index >= 15 is 0 Å². The number of carbonyl (C=O) groups excluding carboxylic acids is 1. The van der Waals surface area contributed by atoms with Crippen LogP contribution in [-0.2, 0) is 0 Å². The SMILES string of the molecule is O=C(Oc1ccc(Br)c(O)c1)c1ccccc1. The molecule has 0 spiro atoms. The van der Waals surface area contributed by atoms with Crippen LogP contribution in [0, 0.1) is 0 Å². The van der Waals surface area contributed by atoms with E-state index < -0.39 is 5.97 Å². The van der Waals surface area contributed by atoms with Crippen molar-refractivity contribution in [2.24, 2.45) is 0 Å². The molecule has 86 valence electrons. The highest BCUT2D eigenvalue weighted by molar-refractivity contribution is 9.10. The minimum Gasteiger partial charge on any atom is -0.507 e. The Hall–Kier alpha value is -1.81. The smallest absolute Gasteiger partial charge is 0.343 e. The number of phenolic OH excluding ortho intramolecular Hbond substituents is 1.